The Bertz CT molecular complexity index is 270. The van der Waals surface area contributed by atoms with Gasteiger partial charge in [0.1, 0.15) is 0 Å². The second-order valence-corrected chi connectivity index (χ2v) is 7.47. The third-order valence-electron chi connectivity index (χ3n) is 2.80. The summed E-state index contributed by atoms with van der Waals surface area (Å²) in [4.78, 5) is 0. The molecule has 0 spiro atoms. The fourth-order valence-electron chi connectivity index (χ4n) is 1.55. The van der Waals surface area contributed by atoms with E-state index in [1.54, 1.807) is 14.2 Å². The van der Waals surface area contributed by atoms with Crippen molar-refractivity contribution in [1.29, 1.82) is 0 Å². The van der Waals surface area contributed by atoms with Crippen LogP contribution in [0.1, 0.15) is 12.0 Å². The molecule has 0 saturated carbocycles. The van der Waals surface area contributed by atoms with E-state index in [9.17, 15) is 0 Å². The molecule has 0 heterocycles. The van der Waals surface area contributed by atoms with Gasteiger partial charge in [-0.2, -0.15) is 0 Å². The van der Waals surface area contributed by atoms with Crippen molar-refractivity contribution in [3.8, 4) is 0 Å². The first-order valence-corrected chi connectivity index (χ1v) is 7.87. The van der Waals surface area contributed by atoms with E-state index in [0.717, 1.165) is 18.9 Å². The highest BCUT2D eigenvalue weighted by Crippen LogP contribution is 2.15. The zero-order valence-electron chi connectivity index (χ0n) is 9.82. The Morgan fingerprint density at radius 3 is 2.20 bits per heavy atom. The molecule has 0 saturated heterocycles. The Kier molecular flexibility index (Phi) is 5.01. The van der Waals surface area contributed by atoms with Gasteiger partial charge in [-0.3, -0.25) is 0 Å². The molecule has 1 aromatic rings. The van der Waals surface area contributed by atoms with Gasteiger partial charge in [-0.05, 0) is 31.0 Å². The molecule has 0 atom stereocenters. The summed E-state index contributed by atoms with van der Waals surface area (Å²) in [6, 6.07) is 11.6. The zero-order valence-corrected chi connectivity index (χ0v) is 10.8. The van der Waals surface area contributed by atoms with Crippen LogP contribution in [-0.4, -0.2) is 22.8 Å². The van der Waals surface area contributed by atoms with E-state index < -0.39 is 8.56 Å². The molecule has 1 rings (SSSR count). The van der Waals surface area contributed by atoms with Crippen molar-refractivity contribution in [2.45, 2.75) is 25.4 Å². The van der Waals surface area contributed by atoms with Gasteiger partial charge >= 0.3 is 8.56 Å². The van der Waals surface area contributed by atoms with Crippen molar-refractivity contribution in [2.24, 2.45) is 0 Å². The maximum absolute atomic E-state index is 5.44. The van der Waals surface area contributed by atoms with Crippen LogP contribution in [0.5, 0.6) is 0 Å². The summed E-state index contributed by atoms with van der Waals surface area (Å²) in [5.41, 5.74) is 1.39. The van der Waals surface area contributed by atoms with E-state index in [0.29, 0.717) is 0 Å². The second kappa shape index (κ2) is 6.05. The van der Waals surface area contributed by atoms with Gasteiger partial charge in [-0.15, -0.1) is 0 Å². The van der Waals surface area contributed by atoms with Gasteiger partial charge in [0.15, 0.2) is 0 Å². The monoisotopic (exact) mass is 224 g/mol. The Balaban J connectivity index is 2.33. The van der Waals surface area contributed by atoms with Crippen LogP contribution in [0.25, 0.3) is 0 Å². The van der Waals surface area contributed by atoms with Crippen LogP contribution in [0, 0.1) is 0 Å². The van der Waals surface area contributed by atoms with Gasteiger partial charge in [0, 0.05) is 14.2 Å². The molecule has 0 unspecified atom stereocenters. The third-order valence-corrected chi connectivity index (χ3v) is 5.79. The molecule has 0 aliphatic rings. The molecule has 2 nitrogen and oxygen atoms in total. The Morgan fingerprint density at radius 1 is 1.07 bits per heavy atom. The van der Waals surface area contributed by atoms with E-state index in [1.807, 2.05) is 6.07 Å². The standard InChI is InChI=1S/C12H20O2Si/c1-13-15(3,14-2)11-7-10-12-8-5-4-6-9-12/h4-6,8-9H,7,10-11H2,1-3H3. The number of aryl methyl sites for hydroxylation is 1. The first kappa shape index (κ1) is 12.4. The highest BCUT2D eigenvalue weighted by molar-refractivity contribution is 6.65. The first-order valence-electron chi connectivity index (χ1n) is 5.34. The predicted molar refractivity (Wildman–Crippen MR) is 65.2 cm³/mol. The minimum atomic E-state index is -1.85. The van der Waals surface area contributed by atoms with E-state index >= 15 is 0 Å². The van der Waals surface area contributed by atoms with Gasteiger partial charge in [0.2, 0.25) is 0 Å². The lowest BCUT2D eigenvalue weighted by molar-refractivity contribution is 0.248. The van der Waals surface area contributed by atoms with E-state index in [4.69, 9.17) is 8.85 Å². The normalized spacial score (nSPS) is 11.7. The lowest BCUT2D eigenvalue weighted by Crippen LogP contribution is -2.35. The molecule has 0 aliphatic carbocycles. The molecule has 84 valence electrons. The fourth-order valence-corrected chi connectivity index (χ4v) is 2.94. The van der Waals surface area contributed by atoms with Crippen molar-refractivity contribution in [1.82, 2.24) is 0 Å². The molecule has 3 heteroatoms. The van der Waals surface area contributed by atoms with Crippen LogP contribution < -0.4 is 0 Å². The summed E-state index contributed by atoms with van der Waals surface area (Å²) >= 11 is 0. The van der Waals surface area contributed by atoms with Gasteiger partial charge in [0.25, 0.3) is 0 Å². The number of hydrogen-bond acceptors (Lipinski definition) is 2. The van der Waals surface area contributed by atoms with Crippen molar-refractivity contribution in [3.05, 3.63) is 35.9 Å². The fraction of sp³-hybridized carbons (Fsp3) is 0.500. The minimum Gasteiger partial charge on any atom is -0.398 e. The molecule has 0 aromatic heterocycles. The highest BCUT2D eigenvalue weighted by Gasteiger charge is 2.27. The van der Waals surface area contributed by atoms with Crippen molar-refractivity contribution >= 4 is 8.56 Å². The lowest BCUT2D eigenvalue weighted by atomic mass is 10.1. The summed E-state index contributed by atoms with van der Waals surface area (Å²) in [6.45, 7) is 2.11. The van der Waals surface area contributed by atoms with Crippen LogP contribution in [0.3, 0.4) is 0 Å². The molecule has 0 N–H and O–H groups in total. The molecular formula is C12H20O2Si. The van der Waals surface area contributed by atoms with E-state index in [1.165, 1.54) is 5.56 Å². The average molecular weight is 224 g/mol. The molecule has 1 aromatic carbocycles. The first-order chi connectivity index (χ1) is 7.20. The molecule has 0 fully saturated rings. The van der Waals surface area contributed by atoms with Gasteiger partial charge in [0.05, 0.1) is 0 Å². The van der Waals surface area contributed by atoms with Crippen LogP contribution in [-0.2, 0) is 15.3 Å². The predicted octanol–water partition coefficient (Wildman–Crippen LogP) is 2.98. The number of benzene rings is 1. The van der Waals surface area contributed by atoms with E-state index in [-0.39, 0.29) is 0 Å². The molecule has 0 aliphatic heterocycles. The summed E-state index contributed by atoms with van der Waals surface area (Å²) in [6.07, 6.45) is 2.24. The van der Waals surface area contributed by atoms with Crippen LogP contribution in [0.15, 0.2) is 30.3 Å². The Labute approximate surface area is 93.5 Å². The van der Waals surface area contributed by atoms with Crippen LogP contribution in [0.4, 0.5) is 0 Å². The smallest absolute Gasteiger partial charge is 0.334 e. The number of rotatable bonds is 6. The molecule has 0 radical (unpaired) electrons. The molecule has 0 bridgehead atoms. The molecule has 0 amide bonds. The topological polar surface area (TPSA) is 18.5 Å². The summed E-state index contributed by atoms with van der Waals surface area (Å²) in [5.74, 6) is 0. The van der Waals surface area contributed by atoms with Crippen molar-refractivity contribution in [3.63, 3.8) is 0 Å². The maximum Gasteiger partial charge on any atom is 0.334 e. The zero-order chi connectivity index (χ0) is 11.1. The maximum atomic E-state index is 5.44. The SMILES string of the molecule is CO[Si](C)(CCCc1ccccc1)OC. The number of hydrogen-bond donors (Lipinski definition) is 0. The second-order valence-electron chi connectivity index (χ2n) is 3.88. The van der Waals surface area contributed by atoms with Crippen molar-refractivity contribution in [2.75, 3.05) is 14.2 Å². The largest absolute Gasteiger partial charge is 0.398 e. The highest BCUT2D eigenvalue weighted by atomic mass is 28.4. The van der Waals surface area contributed by atoms with Gasteiger partial charge in [-0.1, -0.05) is 30.3 Å². The van der Waals surface area contributed by atoms with Gasteiger partial charge < -0.3 is 8.85 Å². The minimum absolute atomic E-state index is 1.05. The van der Waals surface area contributed by atoms with Crippen LogP contribution in [0.2, 0.25) is 12.6 Å². The Hall–Kier alpha value is -0.643. The average Bonchev–Trinajstić information content (AvgIpc) is 2.30. The lowest BCUT2D eigenvalue weighted by Gasteiger charge is -2.22. The summed E-state index contributed by atoms with van der Waals surface area (Å²) in [7, 11) is 1.65. The molecule has 15 heavy (non-hydrogen) atoms. The van der Waals surface area contributed by atoms with Gasteiger partial charge in [-0.25, -0.2) is 0 Å². The Morgan fingerprint density at radius 2 is 1.67 bits per heavy atom. The summed E-state index contributed by atoms with van der Waals surface area (Å²) in [5, 5.41) is 0. The molecular weight excluding hydrogens is 204 g/mol. The van der Waals surface area contributed by atoms with Crippen molar-refractivity contribution < 1.29 is 8.85 Å². The quantitative estimate of drug-likeness (QED) is 0.692. The van der Waals surface area contributed by atoms with Crippen LogP contribution >= 0.6 is 0 Å². The summed E-state index contributed by atoms with van der Waals surface area (Å²) < 4.78 is 10.9. The third kappa shape index (κ3) is 4.16. The van der Waals surface area contributed by atoms with E-state index in [2.05, 4.69) is 30.8 Å².